The summed E-state index contributed by atoms with van der Waals surface area (Å²) in [4.78, 5) is 26.5. The minimum atomic E-state index is -0.286. The van der Waals surface area contributed by atoms with Gasteiger partial charge >= 0.3 is 0 Å². The molecular weight excluding hydrogens is 430 g/mol. The summed E-state index contributed by atoms with van der Waals surface area (Å²) >= 11 is 0. The number of anilines is 1. The number of ether oxygens (including phenoxy) is 2. The lowest BCUT2D eigenvalue weighted by molar-refractivity contribution is -0.135. The molecule has 1 aliphatic rings. The van der Waals surface area contributed by atoms with Gasteiger partial charge in [-0.3, -0.25) is 9.59 Å². The van der Waals surface area contributed by atoms with E-state index in [-0.39, 0.29) is 18.6 Å². The van der Waals surface area contributed by atoms with Gasteiger partial charge in [-0.1, -0.05) is 24.3 Å². The number of carbonyl (C=O) groups excluding carboxylic acids is 2. The van der Waals surface area contributed by atoms with E-state index in [1.54, 1.807) is 31.4 Å². The third-order valence-corrected chi connectivity index (χ3v) is 5.78. The number of benzene rings is 3. The van der Waals surface area contributed by atoms with Crippen molar-refractivity contribution in [1.82, 2.24) is 5.01 Å². The Hall–Kier alpha value is -4.13. The van der Waals surface area contributed by atoms with Gasteiger partial charge in [0.2, 0.25) is 0 Å². The molecule has 1 amide bonds. The molecule has 3 aromatic carbocycles. The van der Waals surface area contributed by atoms with Crippen LogP contribution in [0.3, 0.4) is 0 Å². The highest BCUT2D eigenvalue weighted by Crippen LogP contribution is 2.34. The maximum Gasteiger partial charge on any atom is 0.281 e. The number of carbonyl (C=O) groups is 2. The third-order valence-electron chi connectivity index (χ3n) is 5.78. The number of rotatable bonds is 8. The number of para-hydroxylation sites is 1. The Morgan fingerprint density at radius 3 is 2.41 bits per heavy atom. The van der Waals surface area contributed by atoms with Crippen LogP contribution >= 0.6 is 0 Å². The van der Waals surface area contributed by atoms with Gasteiger partial charge in [-0.2, -0.15) is 5.10 Å². The summed E-state index contributed by atoms with van der Waals surface area (Å²) in [6.45, 7) is -0.226. The number of hydrogen-bond acceptors (Lipinski definition) is 6. The van der Waals surface area contributed by atoms with Crippen LogP contribution in [0.1, 0.15) is 33.9 Å². The van der Waals surface area contributed by atoms with E-state index < -0.39 is 0 Å². The smallest absolute Gasteiger partial charge is 0.281 e. The molecule has 0 saturated carbocycles. The second-order valence-corrected chi connectivity index (χ2v) is 8.16. The average molecular weight is 458 g/mol. The second kappa shape index (κ2) is 10.2. The Balaban J connectivity index is 1.60. The Labute approximate surface area is 199 Å². The van der Waals surface area contributed by atoms with Gasteiger partial charge in [0.25, 0.3) is 5.91 Å². The van der Waals surface area contributed by atoms with Gasteiger partial charge in [-0.15, -0.1) is 0 Å². The molecule has 0 aliphatic carbocycles. The molecule has 0 bridgehead atoms. The number of aldehydes is 1. The van der Waals surface area contributed by atoms with E-state index in [0.717, 1.165) is 28.3 Å². The molecule has 0 spiro atoms. The minimum Gasteiger partial charge on any atom is -0.497 e. The Bertz CT molecular complexity index is 1190. The molecule has 34 heavy (non-hydrogen) atoms. The number of amides is 1. The van der Waals surface area contributed by atoms with Crippen LogP contribution in [0.2, 0.25) is 0 Å². The standard InChI is InChI=1S/C27H27N3O4/c1-29(2)22-12-8-20(9-13-22)25-16-24(19-10-14-23(33-3)15-11-19)28-30(25)27(32)18-34-26-7-5-4-6-21(26)17-31/h4-15,17,25H,16,18H2,1-3H3. The number of nitrogens with zero attached hydrogens (tertiary/aromatic N) is 3. The van der Waals surface area contributed by atoms with Crippen molar-refractivity contribution in [3.8, 4) is 11.5 Å². The van der Waals surface area contributed by atoms with E-state index in [1.165, 1.54) is 5.01 Å². The molecule has 0 N–H and O–H groups in total. The fourth-order valence-corrected chi connectivity index (χ4v) is 3.87. The van der Waals surface area contributed by atoms with E-state index in [9.17, 15) is 9.59 Å². The third kappa shape index (κ3) is 4.93. The van der Waals surface area contributed by atoms with Gasteiger partial charge in [-0.05, 0) is 59.7 Å². The number of hydrogen-bond donors (Lipinski definition) is 0. The monoisotopic (exact) mass is 457 g/mol. The van der Waals surface area contributed by atoms with Crippen LogP contribution in [0, 0.1) is 0 Å². The van der Waals surface area contributed by atoms with Gasteiger partial charge in [0.15, 0.2) is 12.9 Å². The summed E-state index contributed by atoms with van der Waals surface area (Å²) in [7, 11) is 5.60. The highest BCUT2D eigenvalue weighted by atomic mass is 16.5. The van der Waals surface area contributed by atoms with Crippen LogP contribution in [0.15, 0.2) is 77.9 Å². The van der Waals surface area contributed by atoms with Crippen molar-refractivity contribution in [2.24, 2.45) is 5.10 Å². The first-order valence-electron chi connectivity index (χ1n) is 11.0. The molecule has 7 nitrogen and oxygen atoms in total. The van der Waals surface area contributed by atoms with Crippen LogP contribution in [0.4, 0.5) is 5.69 Å². The van der Waals surface area contributed by atoms with Crippen LogP contribution in [0.25, 0.3) is 0 Å². The lowest BCUT2D eigenvalue weighted by Gasteiger charge is -2.23. The maximum absolute atomic E-state index is 13.2. The van der Waals surface area contributed by atoms with E-state index in [1.807, 2.05) is 67.5 Å². The lowest BCUT2D eigenvalue weighted by Crippen LogP contribution is -2.31. The molecule has 0 radical (unpaired) electrons. The first-order chi connectivity index (χ1) is 16.5. The van der Waals surface area contributed by atoms with Crippen molar-refractivity contribution in [2.75, 3.05) is 32.7 Å². The fourth-order valence-electron chi connectivity index (χ4n) is 3.87. The minimum absolute atomic E-state index is 0.226. The zero-order valence-corrected chi connectivity index (χ0v) is 19.5. The van der Waals surface area contributed by atoms with Crippen molar-refractivity contribution >= 4 is 23.6 Å². The zero-order valence-electron chi connectivity index (χ0n) is 19.5. The van der Waals surface area contributed by atoms with Gasteiger partial charge < -0.3 is 14.4 Å². The van der Waals surface area contributed by atoms with E-state index in [0.29, 0.717) is 24.0 Å². The summed E-state index contributed by atoms with van der Waals surface area (Å²) < 4.78 is 10.9. The topological polar surface area (TPSA) is 71.4 Å². The van der Waals surface area contributed by atoms with E-state index in [4.69, 9.17) is 9.47 Å². The van der Waals surface area contributed by atoms with Crippen molar-refractivity contribution in [1.29, 1.82) is 0 Å². The number of methoxy groups -OCH3 is 1. The Morgan fingerprint density at radius 1 is 1.06 bits per heavy atom. The SMILES string of the molecule is COc1ccc(C2=NN(C(=O)COc3ccccc3C=O)C(c3ccc(N(C)C)cc3)C2)cc1. The van der Waals surface area contributed by atoms with Gasteiger partial charge in [0.1, 0.15) is 11.5 Å². The van der Waals surface area contributed by atoms with Crippen LogP contribution in [0.5, 0.6) is 11.5 Å². The van der Waals surface area contributed by atoms with Gasteiger partial charge in [-0.25, -0.2) is 5.01 Å². The van der Waals surface area contributed by atoms with Crippen molar-refractivity contribution in [3.05, 3.63) is 89.5 Å². The molecular formula is C27H27N3O4. The Morgan fingerprint density at radius 2 is 1.76 bits per heavy atom. The molecule has 0 fully saturated rings. The molecule has 0 saturated heterocycles. The highest BCUT2D eigenvalue weighted by Gasteiger charge is 2.33. The van der Waals surface area contributed by atoms with E-state index >= 15 is 0 Å². The second-order valence-electron chi connectivity index (χ2n) is 8.16. The normalized spacial score (nSPS) is 15.0. The molecule has 4 rings (SSSR count). The van der Waals surface area contributed by atoms with Gasteiger partial charge in [0.05, 0.1) is 24.4 Å². The van der Waals surface area contributed by atoms with Crippen LogP contribution < -0.4 is 14.4 Å². The lowest BCUT2D eigenvalue weighted by atomic mass is 9.98. The van der Waals surface area contributed by atoms with Crippen LogP contribution in [-0.4, -0.2) is 50.7 Å². The molecule has 174 valence electrons. The largest absolute Gasteiger partial charge is 0.497 e. The summed E-state index contributed by atoms with van der Waals surface area (Å²) in [6, 6.07) is 22.3. The average Bonchev–Trinajstić information content (AvgIpc) is 3.33. The number of hydrazone groups is 1. The summed E-state index contributed by atoms with van der Waals surface area (Å²) in [5, 5.41) is 6.18. The van der Waals surface area contributed by atoms with E-state index in [2.05, 4.69) is 5.10 Å². The molecule has 1 heterocycles. The molecule has 1 aliphatic heterocycles. The van der Waals surface area contributed by atoms with Crippen LogP contribution in [-0.2, 0) is 4.79 Å². The predicted molar refractivity (Wildman–Crippen MR) is 132 cm³/mol. The maximum atomic E-state index is 13.2. The summed E-state index contributed by atoms with van der Waals surface area (Å²) in [5.41, 5.74) is 4.20. The highest BCUT2D eigenvalue weighted by molar-refractivity contribution is 6.03. The summed E-state index contributed by atoms with van der Waals surface area (Å²) in [6.07, 6.45) is 1.29. The molecule has 0 aromatic heterocycles. The first kappa shape index (κ1) is 23.0. The van der Waals surface area contributed by atoms with Crippen molar-refractivity contribution < 1.29 is 19.1 Å². The first-order valence-corrected chi connectivity index (χ1v) is 11.0. The zero-order chi connectivity index (χ0) is 24.1. The van der Waals surface area contributed by atoms with Gasteiger partial charge in [0, 0.05) is 26.2 Å². The van der Waals surface area contributed by atoms with Crippen molar-refractivity contribution in [3.63, 3.8) is 0 Å². The fraction of sp³-hybridized carbons (Fsp3) is 0.222. The Kier molecular flexibility index (Phi) is 6.92. The molecule has 1 atom stereocenters. The van der Waals surface area contributed by atoms with Crippen molar-refractivity contribution in [2.45, 2.75) is 12.5 Å². The quantitative estimate of drug-likeness (QED) is 0.471. The molecule has 3 aromatic rings. The summed E-state index contributed by atoms with van der Waals surface area (Å²) in [5.74, 6) is 0.843. The predicted octanol–water partition coefficient (Wildman–Crippen LogP) is 4.33. The molecule has 1 unspecified atom stereocenters. The molecule has 7 heteroatoms.